The minimum Gasteiger partial charge on any atom is -0.341 e. The molecular weight excluding hydrogens is 226 g/mol. The lowest BCUT2D eigenvalue weighted by atomic mass is 9.93. The summed E-state index contributed by atoms with van der Waals surface area (Å²) in [6, 6.07) is 0. The molecule has 4 heteroatoms. The quantitative estimate of drug-likeness (QED) is 0.765. The second-order valence-electron chi connectivity index (χ2n) is 5.66. The molecule has 104 valence electrons. The lowest BCUT2D eigenvalue weighted by Gasteiger charge is -2.33. The van der Waals surface area contributed by atoms with Crippen LogP contribution >= 0.6 is 0 Å². The van der Waals surface area contributed by atoms with Gasteiger partial charge < -0.3 is 15.1 Å². The van der Waals surface area contributed by atoms with Crippen molar-refractivity contribution in [2.45, 2.75) is 32.1 Å². The molecule has 2 saturated heterocycles. The first-order chi connectivity index (χ1) is 8.79. The number of rotatable bonds is 6. The van der Waals surface area contributed by atoms with Crippen LogP contribution in [0, 0.1) is 5.92 Å². The molecule has 1 amide bonds. The van der Waals surface area contributed by atoms with Crippen LogP contribution in [0.5, 0.6) is 0 Å². The van der Waals surface area contributed by atoms with E-state index in [1.165, 1.54) is 32.4 Å². The Bertz CT molecular complexity index is 262. The number of piperidine rings is 1. The molecule has 4 nitrogen and oxygen atoms in total. The van der Waals surface area contributed by atoms with Gasteiger partial charge in [-0.15, -0.1) is 0 Å². The lowest BCUT2D eigenvalue weighted by molar-refractivity contribution is -0.127. The van der Waals surface area contributed by atoms with Gasteiger partial charge in [0.25, 0.3) is 0 Å². The van der Waals surface area contributed by atoms with Crippen molar-refractivity contribution in [2.24, 2.45) is 5.92 Å². The van der Waals surface area contributed by atoms with E-state index in [1.54, 1.807) is 0 Å². The molecule has 0 aliphatic carbocycles. The summed E-state index contributed by atoms with van der Waals surface area (Å²) in [6.45, 7) is 6.59. The zero-order valence-electron chi connectivity index (χ0n) is 11.7. The fourth-order valence-corrected chi connectivity index (χ4v) is 3.05. The smallest absolute Gasteiger partial charge is 0.222 e. The average molecular weight is 253 g/mol. The normalized spacial score (nSPS) is 22.9. The van der Waals surface area contributed by atoms with Crippen LogP contribution in [0.25, 0.3) is 0 Å². The Kier molecular flexibility index (Phi) is 5.45. The largest absolute Gasteiger partial charge is 0.341 e. The zero-order valence-corrected chi connectivity index (χ0v) is 11.7. The topological polar surface area (TPSA) is 35.6 Å². The predicted molar refractivity (Wildman–Crippen MR) is 73.5 cm³/mol. The van der Waals surface area contributed by atoms with Gasteiger partial charge in [-0.2, -0.15) is 0 Å². The highest BCUT2D eigenvalue weighted by atomic mass is 16.2. The van der Waals surface area contributed by atoms with Crippen LogP contribution in [-0.4, -0.2) is 62.0 Å². The summed E-state index contributed by atoms with van der Waals surface area (Å²) in [5.74, 6) is 1.26. The van der Waals surface area contributed by atoms with Crippen LogP contribution in [-0.2, 0) is 4.79 Å². The molecule has 2 heterocycles. The first-order valence-corrected chi connectivity index (χ1v) is 7.44. The standard InChI is InChI=1S/C14H27N3O/c1-15-7-4-13-5-9-16(10-6-13)11-12-17-8-2-3-14(17)18/h13,15H,2-12H2,1H3. The highest BCUT2D eigenvalue weighted by Gasteiger charge is 2.22. The predicted octanol–water partition coefficient (Wildman–Crippen LogP) is 0.930. The molecule has 0 unspecified atom stereocenters. The van der Waals surface area contributed by atoms with Crippen LogP contribution in [0.1, 0.15) is 32.1 Å². The minimum atomic E-state index is 0.360. The van der Waals surface area contributed by atoms with Gasteiger partial charge >= 0.3 is 0 Å². The van der Waals surface area contributed by atoms with Crippen molar-refractivity contribution < 1.29 is 4.79 Å². The molecule has 0 spiro atoms. The molecule has 0 radical (unpaired) electrons. The Balaban J connectivity index is 1.60. The molecule has 2 fully saturated rings. The third kappa shape index (κ3) is 3.95. The van der Waals surface area contributed by atoms with Crippen LogP contribution in [0.4, 0.5) is 0 Å². The Morgan fingerprint density at radius 3 is 2.61 bits per heavy atom. The number of nitrogens with one attached hydrogen (secondary N) is 1. The summed E-state index contributed by atoms with van der Waals surface area (Å²) >= 11 is 0. The van der Waals surface area contributed by atoms with E-state index in [-0.39, 0.29) is 0 Å². The Morgan fingerprint density at radius 2 is 2.00 bits per heavy atom. The molecule has 0 aromatic heterocycles. The second kappa shape index (κ2) is 7.10. The van der Waals surface area contributed by atoms with Crippen molar-refractivity contribution in [1.29, 1.82) is 0 Å². The van der Waals surface area contributed by atoms with E-state index in [0.29, 0.717) is 5.91 Å². The maximum Gasteiger partial charge on any atom is 0.222 e. The van der Waals surface area contributed by atoms with Gasteiger partial charge in [0, 0.05) is 26.1 Å². The molecule has 2 rings (SSSR count). The number of nitrogens with zero attached hydrogens (tertiary/aromatic N) is 2. The van der Waals surface area contributed by atoms with E-state index >= 15 is 0 Å². The van der Waals surface area contributed by atoms with Gasteiger partial charge in [-0.05, 0) is 58.3 Å². The van der Waals surface area contributed by atoms with Crippen LogP contribution < -0.4 is 5.32 Å². The molecule has 0 atom stereocenters. The maximum absolute atomic E-state index is 11.5. The van der Waals surface area contributed by atoms with Gasteiger partial charge in [0.15, 0.2) is 0 Å². The lowest BCUT2D eigenvalue weighted by Crippen LogP contribution is -2.40. The molecule has 1 N–H and O–H groups in total. The van der Waals surface area contributed by atoms with Gasteiger partial charge in [0.2, 0.25) is 5.91 Å². The minimum absolute atomic E-state index is 0.360. The number of carbonyl (C=O) groups is 1. The molecule has 2 aliphatic rings. The summed E-state index contributed by atoms with van der Waals surface area (Å²) in [6.07, 6.45) is 5.80. The summed E-state index contributed by atoms with van der Waals surface area (Å²) in [5, 5.41) is 3.24. The summed E-state index contributed by atoms with van der Waals surface area (Å²) in [4.78, 5) is 16.1. The molecular formula is C14H27N3O. The monoisotopic (exact) mass is 253 g/mol. The average Bonchev–Trinajstić information content (AvgIpc) is 2.81. The first kappa shape index (κ1) is 13.8. The SMILES string of the molecule is CNCCC1CCN(CCN2CCCC2=O)CC1. The van der Waals surface area contributed by atoms with Gasteiger partial charge in [-0.1, -0.05) is 0 Å². The van der Waals surface area contributed by atoms with Gasteiger partial charge in [-0.3, -0.25) is 4.79 Å². The van der Waals surface area contributed by atoms with Crippen LogP contribution in [0.2, 0.25) is 0 Å². The van der Waals surface area contributed by atoms with E-state index in [1.807, 2.05) is 11.9 Å². The van der Waals surface area contributed by atoms with Crippen molar-refractivity contribution in [3.8, 4) is 0 Å². The maximum atomic E-state index is 11.5. The van der Waals surface area contributed by atoms with Crippen molar-refractivity contribution in [3.05, 3.63) is 0 Å². The highest BCUT2D eigenvalue weighted by Crippen LogP contribution is 2.20. The van der Waals surface area contributed by atoms with Crippen LogP contribution in [0.3, 0.4) is 0 Å². The number of amides is 1. The van der Waals surface area contributed by atoms with Crippen molar-refractivity contribution in [1.82, 2.24) is 15.1 Å². The molecule has 0 bridgehead atoms. The van der Waals surface area contributed by atoms with Crippen molar-refractivity contribution in [3.63, 3.8) is 0 Å². The third-order valence-electron chi connectivity index (χ3n) is 4.37. The van der Waals surface area contributed by atoms with E-state index in [4.69, 9.17) is 0 Å². The highest BCUT2D eigenvalue weighted by molar-refractivity contribution is 5.78. The Hall–Kier alpha value is -0.610. The Morgan fingerprint density at radius 1 is 1.22 bits per heavy atom. The third-order valence-corrected chi connectivity index (χ3v) is 4.37. The second-order valence-corrected chi connectivity index (χ2v) is 5.66. The van der Waals surface area contributed by atoms with E-state index in [0.717, 1.165) is 44.9 Å². The van der Waals surface area contributed by atoms with Crippen molar-refractivity contribution >= 4 is 5.91 Å². The van der Waals surface area contributed by atoms with Gasteiger partial charge in [0.05, 0.1) is 0 Å². The van der Waals surface area contributed by atoms with E-state index < -0.39 is 0 Å². The van der Waals surface area contributed by atoms with Gasteiger partial charge in [0.1, 0.15) is 0 Å². The fourth-order valence-electron chi connectivity index (χ4n) is 3.05. The summed E-state index contributed by atoms with van der Waals surface area (Å²) < 4.78 is 0. The molecule has 0 aromatic rings. The first-order valence-electron chi connectivity index (χ1n) is 7.44. The fraction of sp³-hybridized carbons (Fsp3) is 0.929. The molecule has 18 heavy (non-hydrogen) atoms. The van der Waals surface area contributed by atoms with Crippen LogP contribution in [0.15, 0.2) is 0 Å². The summed E-state index contributed by atoms with van der Waals surface area (Å²) in [7, 11) is 2.03. The molecule has 2 aliphatic heterocycles. The number of hydrogen-bond acceptors (Lipinski definition) is 3. The number of carbonyl (C=O) groups excluding carboxylic acids is 1. The van der Waals surface area contributed by atoms with E-state index in [2.05, 4.69) is 10.2 Å². The zero-order chi connectivity index (χ0) is 12.8. The van der Waals surface area contributed by atoms with E-state index in [9.17, 15) is 4.79 Å². The summed E-state index contributed by atoms with van der Waals surface area (Å²) in [5.41, 5.74) is 0. The number of hydrogen-bond donors (Lipinski definition) is 1. The van der Waals surface area contributed by atoms with Gasteiger partial charge in [-0.25, -0.2) is 0 Å². The Labute approximate surface area is 111 Å². The molecule has 0 saturated carbocycles. The van der Waals surface area contributed by atoms with Crippen molar-refractivity contribution in [2.75, 3.05) is 46.3 Å². The number of likely N-dealkylation sites (tertiary alicyclic amines) is 2. The molecule has 0 aromatic carbocycles.